The lowest BCUT2D eigenvalue weighted by atomic mass is 9.82. The van der Waals surface area contributed by atoms with Gasteiger partial charge in [0, 0.05) is 50.1 Å². The van der Waals surface area contributed by atoms with Gasteiger partial charge >= 0.3 is 0 Å². The van der Waals surface area contributed by atoms with Gasteiger partial charge in [0.25, 0.3) is 0 Å². The highest BCUT2D eigenvalue weighted by atomic mass is 16.3. The van der Waals surface area contributed by atoms with Gasteiger partial charge in [0.15, 0.2) is 0 Å². The van der Waals surface area contributed by atoms with Gasteiger partial charge < -0.3 is 13.9 Å². The maximum absolute atomic E-state index is 6.89. The first-order valence-electron chi connectivity index (χ1n) is 21.8. The average molecular weight is 795 g/mol. The van der Waals surface area contributed by atoms with Gasteiger partial charge in [-0.25, -0.2) is 0 Å². The first kappa shape index (κ1) is 35.2. The van der Waals surface area contributed by atoms with Crippen molar-refractivity contribution >= 4 is 77.5 Å². The standard InChI is InChI=1S/C59H42N2O/c1-59(2)50-21-10-8-18-45(50)46-33-31-42(36-51(46)59)60(41-30-28-38-27-26-37-14-6-7-17-43(37)49(38)35-41)53-23-13-25-56-58(53)57-44(20-12-24-55(57)62-56)39-29-32-48-47-19-9-11-22-52(47)61(54(48)34-39)40-15-4-3-5-16-40/h3-19,21-36,44H,20H2,1-2H3. The van der Waals surface area contributed by atoms with Crippen LogP contribution < -0.4 is 4.90 Å². The topological polar surface area (TPSA) is 21.3 Å². The first-order valence-corrected chi connectivity index (χ1v) is 21.8. The van der Waals surface area contributed by atoms with E-state index in [1.807, 2.05) is 0 Å². The first-order chi connectivity index (χ1) is 30.5. The predicted octanol–water partition coefficient (Wildman–Crippen LogP) is 16.2. The highest BCUT2D eigenvalue weighted by Crippen LogP contribution is 2.53. The quantitative estimate of drug-likeness (QED) is 0.162. The molecule has 1 unspecified atom stereocenters. The molecule has 0 bridgehead atoms. The van der Waals surface area contributed by atoms with Crippen LogP contribution in [-0.4, -0.2) is 4.57 Å². The molecular formula is C59H42N2O. The molecule has 0 fully saturated rings. The molecule has 0 N–H and O–H groups in total. The zero-order valence-corrected chi connectivity index (χ0v) is 34.6. The Labute approximate surface area is 360 Å². The van der Waals surface area contributed by atoms with Gasteiger partial charge in [-0.1, -0.05) is 147 Å². The number of aromatic nitrogens is 1. The van der Waals surface area contributed by atoms with E-state index < -0.39 is 0 Å². The van der Waals surface area contributed by atoms with E-state index in [2.05, 4.69) is 224 Å². The van der Waals surface area contributed by atoms with Gasteiger partial charge in [-0.15, -0.1) is 0 Å². The zero-order chi connectivity index (χ0) is 41.1. The fourth-order valence-corrected chi connectivity index (χ4v) is 11.0. The van der Waals surface area contributed by atoms with Crippen LogP contribution in [0.25, 0.3) is 77.2 Å². The third-order valence-electron chi connectivity index (χ3n) is 13.9. The number of furan rings is 1. The normalized spacial score (nSPS) is 15.1. The molecule has 0 aliphatic heterocycles. The molecule has 3 heteroatoms. The Bertz CT molecular complexity index is 3660. The molecule has 2 aromatic heterocycles. The van der Waals surface area contributed by atoms with Crippen LogP contribution in [0.5, 0.6) is 0 Å². The van der Waals surface area contributed by atoms with E-state index in [0.29, 0.717) is 0 Å². The van der Waals surface area contributed by atoms with Crippen molar-refractivity contribution in [3.05, 3.63) is 222 Å². The number of fused-ring (bicyclic) bond motifs is 12. The average Bonchev–Trinajstić information content (AvgIpc) is 3.95. The summed E-state index contributed by atoms with van der Waals surface area (Å²) in [6.07, 6.45) is 5.36. The Kier molecular flexibility index (Phi) is 7.48. The lowest BCUT2D eigenvalue weighted by molar-refractivity contribution is 0.589. The molecule has 0 saturated carbocycles. The highest BCUT2D eigenvalue weighted by Gasteiger charge is 2.36. The third kappa shape index (κ3) is 5.06. The molecule has 0 amide bonds. The van der Waals surface area contributed by atoms with Crippen molar-refractivity contribution in [3.63, 3.8) is 0 Å². The van der Waals surface area contributed by atoms with E-state index in [1.54, 1.807) is 0 Å². The summed E-state index contributed by atoms with van der Waals surface area (Å²) in [5.41, 5.74) is 15.6. The summed E-state index contributed by atoms with van der Waals surface area (Å²) < 4.78 is 9.31. The van der Waals surface area contributed by atoms with Gasteiger partial charge in [0.1, 0.15) is 11.3 Å². The minimum Gasteiger partial charge on any atom is -0.456 e. The Hall–Kier alpha value is -7.62. The third-order valence-corrected chi connectivity index (χ3v) is 13.9. The largest absolute Gasteiger partial charge is 0.456 e. The maximum atomic E-state index is 6.89. The zero-order valence-electron chi connectivity index (χ0n) is 34.6. The molecule has 294 valence electrons. The SMILES string of the molecule is CC1(C)c2ccccc2-c2ccc(N(c3ccc4ccc5ccccc5c4c3)c3cccc4oc5c(c34)C(c3ccc4c6ccccc6n(-c6ccccc6)c4c3)CC=C5)cc21. The molecule has 0 radical (unpaired) electrons. The van der Waals surface area contributed by atoms with Crippen LogP contribution >= 0.6 is 0 Å². The number of para-hydroxylation sites is 2. The van der Waals surface area contributed by atoms with Gasteiger partial charge in [-0.3, -0.25) is 0 Å². The summed E-state index contributed by atoms with van der Waals surface area (Å²) in [5.74, 6) is 1.02. The molecule has 3 nitrogen and oxygen atoms in total. The molecule has 9 aromatic carbocycles. The summed E-state index contributed by atoms with van der Waals surface area (Å²) >= 11 is 0. The van der Waals surface area contributed by atoms with Crippen LogP contribution in [0.4, 0.5) is 17.1 Å². The number of benzene rings is 9. The van der Waals surface area contributed by atoms with Gasteiger partial charge in [0.2, 0.25) is 0 Å². The van der Waals surface area contributed by atoms with Crippen LogP contribution in [0.3, 0.4) is 0 Å². The van der Waals surface area contributed by atoms with Crippen LogP contribution in [0, 0.1) is 0 Å². The molecule has 62 heavy (non-hydrogen) atoms. The Balaban J connectivity index is 1.05. The lowest BCUT2D eigenvalue weighted by Gasteiger charge is -2.30. The van der Waals surface area contributed by atoms with Crippen LogP contribution in [0.2, 0.25) is 0 Å². The monoisotopic (exact) mass is 794 g/mol. The number of allylic oxidation sites excluding steroid dienone is 1. The van der Waals surface area contributed by atoms with Crippen molar-refractivity contribution in [1.82, 2.24) is 4.57 Å². The van der Waals surface area contributed by atoms with Crippen molar-refractivity contribution < 1.29 is 4.42 Å². The van der Waals surface area contributed by atoms with Gasteiger partial charge in [0.05, 0.1) is 16.7 Å². The van der Waals surface area contributed by atoms with E-state index in [9.17, 15) is 0 Å². The molecule has 11 aromatic rings. The van der Waals surface area contributed by atoms with Crippen molar-refractivity contribution in [3.8, 4) is 16.8 Å². The number of hydrogen-bond acceptors (Lipinski definition) is 2. The molecule has 0 spiro atoms. The van der Waals surface area contributed by atoms with E-state index in [4.69, 9.17) is 4.42 Å². The molecular weight excluding hydrogens is 753 g/mol. The van der Waals surface area contributed by atoms with Crippen molar-refractivity contribution in [2.45, 2.75) is 31.6 Å². The van der Waals surface area contributed by atoms with Crippen LogP contribution in [0.15, 0.2) is 199 Å². The Morgan fingerprint density at radius 3 is 2.16 bits per heavy atom. The summed E-state index contributed by atoms with van der Waals surface area (Å²) in [4.78, 5) is 2.49. The van der Waals surface area contributed by atoms with Crippen molar-refractivity contribution in [1.29, 1.82) is 0 Å². The van der Waals surface area contributed by atoms with Crippen molar-refractivity contribution in [2.75, 3.05) is 4.90 Å². The number of nitrogens with zero attached hydrogens (tertiary/aromatic N) is 2. The Morgan fingerprint density at radius 2 is 1.26 bits per heavy atom. The molecule has 0 saturated heterocycles. The fraction of sp³-hybridized carbons (Fsp3) is 0.0847. The molecule has 1 atom stereocenters. The second kappa shape index (κ2) is 13.2. The highest BCUT2D eigenvalue weighted by molar-refractivity contribution is 6.11. The lowest BCUT2D eigenvalue weighted by Crippen LogP contribution is -2.17. The number of anilines is 3. The maximum Gasteiger partial charge on any atom is 0.137 e. The van der Waals surface area contributed by atoms with E-state index in [0.717, 1.165) is 45.9 Å². The predicted molar refractivity (Wildman–Crippen MR) is 260 cm³/mol. The van der Waals surface area contributed by atoms with E-state index in [1.165, 1.54) is 76.7 Å². The summed E-state index contributed by atoms with van der Waals surface area (Å²) in [6.45, 7) is 4.73. The fourth-order valence-electron chi connectivity index (χ4n) is 11.0. The minimum atomic E-state index is -0.148. The molecule has 2 aliphatic carbocycles. The van der Waals surface area contributed by atoms with Crippen molar-refractivity contribution in [2.24, 2.45) is 0 Å². The summed E-state index contributed by atoms with van der Waals surface area (Å²) in [6, 6.07) is 69.5. The smallest absolute Gasteiger partial charge is 0.137 e. The molecule has 2 heterocycles. The number of hydrogen-bond donors (Lipinski definition) is 0. The molecule has 2 aliphatic rings. The van der Waals surface area contributed by atoms with E-state index in [-0.39, 0.29) is 11.3 Å². The Morgan fingerprint density at radius 1 is 0.548 bits per heavy atom. The van der Waals surface area contributed by atoms with Gasteiger partial charge in [-0.2, -0.15) is 0 Å². The minimum absolute atomic E-state index is 0.0832. The van der Waals surface area contributed by atoms with Crippen LogP contribution in [0.1, 0.15) is 54.2 Å². The second-order valence-electron chi connectivity index (χ2n) is 17.6. The van der Waals surface area contributed by atoms with Gasteiger partial charge in [-0.05, 0) is 123 Å². The second-order valence-corrected chi connectivity index (χ2v) is 17.6. The summed E-state index contributed by atoms with van der Waals surface area (Å²) in [7, 11) is 0. The summed E-state index contributed by atoms with van der Waals surface area (Å²) in [5, 5.41) is 8.64. The van der Waals surface area contributed by atoms with E-state index >= 15 is 0 Å². The number of rotatable bonds is 5. The van der Waals surface area contributed by atoms with Crippen LogP contribution in [-0.2, 0) is 5.41 Å². The molecule has 13 rings (SSSR count).